The molecule has 0 fully saturated rings. The second-order valence-corrected chi connectivity index (χ2v) is 7.93. The number of esters is 1. The zero-order valence-electron chi connectivity index (χ0n) is 17.0. The van der Waals surface area contributed by atoms with Gasteiger partial charge in [-0.2, -0.15) is 11.3 Å². The Hall–Kier alpha value is -2.58. The maximum absolute atomic E-state index is 13.0. The fraction of sp³-hybridized carbons (Fsp3) is 0.333. The Balaban J connectivity index is 2.12. The van der Waals surface area contributed by atoms with Gasteiger partial charge < -0.3 is 19.5 Å². The lowest BCUT2D eigenvalue weighted by Gasteiger charge is -2.37. The lowest BCUT2D eigenvalue weighted by atomic mass is 9.96. The molecule has 0 spiro atoms. The molecular formula is C21H24N2O4S2. The van der Waals surface area contributed by atoms with Crippen molar-refractivity contribution in [3.05, 3.63) is 51.9 Å². The molecule has 1 aliphatic heterocycles. The molecular weight excluding hydrogens is 408 g/mol. The number of carbonyl (C=O) groups excluding carboxylic acids is 1. The molecule has 1 atom stereocenters. The third-order valence-corrected chi connectivity index (χ3v) is 5.55. The first kappa shape index (κ1) is 21.1. The second-order valence-electron chi connectivity index (χ2n) is 6.77. The van der Waals surface area contributed by atoms with Crippen molar-refractivity contribution < 1.29 is 19.0 Å². The number of hydrogen-bond donors (Lipinski definition) is 1. The Bertz CT molecular complexity index is 938. The van der Waals surface area contributed by atoms with E-state index in [1.165, 1.54) is 0 Å². The quantitative estimate of drug-likeness (QED) is 0.535. The van der Waals surface area contributed by atoms with E-state index in [0.29, 0.717) is 27.9 Å². The molecule has 3 rings (SSSR count). The van der Waals surface area contributed by atoms with Crippen molar-refractivity contribution in [2.75, 3.05) is 19.1 Å². The molecule has 29 heavy (non-hydrogen) atoms. The molecule has 1 aromatic heterocycles. The summed E-state index contributed by atoms with van der Waals surface area (Å²) in [4.78, 5) is 14.8. The Labute approximate surface area is 180 Å². The Morgan fingerprint density at radius 1 is 1.21 bits per heavy atom. The third-order valence-electron chi connectivity index (χ3n) is 4.55. The molecule has 0 radical (unpaired) electrons. The van der Waals surface area contributed by atoms with Crippen molar-refractivity contribution in [1.29, 1.82) is 0 Å². The Morgan fingerprint density at radius 2 is 1.93 bits per heavy atom. The van der Waals surface area contributed by atoms with Gasteiger partial charge in [-0.05, 0) is 67.5 Å². The number of thiophene rings is 1. The van der Waals surface area contributed by atoms with Crippen LogP contribution in [-0.4, -0.2) is 31.4 Å². The van der Waals surface area contributed by atoms with Crippen LogP contribution in [0.3, 0.4) is 0 Å². The van der Waals surface area contributed by atoms with E-state index in [4.69, 9.17) is 26.4 Å². The van der Waals surface area contributed by atoms with Crippen molar-refractivity contribution in [1.82, 2.24) is 5.32 Å². The molecule has 1 unspecified atom stereocenters. The number of nitrogens with zero attached hydrogens (tertiary/aromatic N) is 1. The average Bonchev–Trinajstić information content (AvgIpc) is 3.21. The van der Waals surface area contributed by atoms with E-state index in [9.17, 15) is 4.79 Å². The number of hydrogen-bond acceptors (Lipinski definition) is 6. The number of benzene rings is 1. The molecule has 1 aromatic carbocycles. The second kappa shape index (κ2) is 8.84. The van der Waals surface area contributed by atoms with E-state index in [1.807, 2.05) is 54.6 Å². The molecule has 2 aromatic rings. The van der Waals surface area contributed by atoms with Crippen LogP contribution >= 0.6 is 23.6 Å². The number of nitrogens with one attached hydrogen (secondary N) is 1. The van der Waals surface area contributed by atoms with Gasteiger partial charge in [0.05, 0.1) is 37.6 Å². The minimum absolute atomic E-state index is 0.227. The molecule has 0 saturated heterocycles. The molecule has 2 heterocycles. The van der Waals surface area contributed by atoms with E-state index in [2.05, 4.69) is 5.32 Å². The Morgan fingerprint density at radius 3 is 2.52 bits per heavy atom. The van der Waals surface area contributed by atoms with E-state index in [0.717, 1.165) is 11.3 Å². The molecule has 0 saturated carbocycles. The van der Waals surface area contributed by atoms with Crippen LogP contribution in [-0.2, 0) is 9.53 Å². The maximum Gasteiger partial charge on any atom is 0.338 e. The third kappa shape index (κ3) is 4.23. The number of anilines is 1. The fourth-order valence-corrected chi connectivity index (χ4v) is 4.30. The van der Waals surface area contributed by atoms with Crippen LogP contribution < -0.4 is 19.7 Å². The highest BCUT2D eigenvalue weighted by Crippen LogP contribution is 2.38. The molecule has 6 nitrogen and oxygen atoms in total. The van der Waals surface area contributed by atoms with Crippen molar-refractivity contribution in [3.63, 3.8) is 0 Å². The van der Waals surface area contributed by atoms with Crippen LogP contribution in [0, 0.1) is 0 Å². The first-order chi connectivity index (χ1) is 13.9. The predicted octanol–water partition coefficient (Wildman–Crippen LogP) is 4.43. The fourth-order valence-electron chi connectivity index (χ4n) is 3.25. The molecule has 154 valence electrons. The number of carbonyl (C=O) groups is 1. The van der Waals surface area contributed by atoms with E-state index in [1.54, 1.807) is 31.6 Å². The Kier molecular flexibility index (Phi) is 6.44. The zero-order valence-corrected chi connectivity index (χ0v) is 18.6. The molecule has 8 heteroatoms. The van der Waals surface area contributed by atoms with Gasteiger partial charge in [-0.15, -0.1) is 0 Å². The normalized spacial score (nSPS) is 16.7. The SMILES string of the molecule is COc1ccc(N2C(=S)NC(c3ccsc3)C(C(=O)OC(C)C)=C2C)cc1OC. The molecule has 0 amide bonds. The summed E-state index contributed by atoms with van der Waals surface area (Å²) in [5.74, 6) is 0.824. The number of rotatable bonds is 6. The highest BCUT2D eigenvalue weighted by Gasteiger charge is 2.36. The largest absolute Gasteiger partial charge is 0.493 e. The summed E-state index contributed by atoms with van der Waals surface area (Å²) < 4.78 is 16.3. The molecule has 1 aliphatic rings. The van der Waals surface area contributed by atoms with Crippen LogP contribution in [0.5, 0.6) is 11.5 Å². The summed E-state index contributed by atoms with van der Waals surface area (Å²) in [6, 6.07) is 7.12. The monoisotopic (exact) mass is 432 g/mol. The highest BCUT2D eigenvalue weighted by atomic mass is 32.1. The number of ether oxygens (including phenoxy) is 3. The summed E-state index contributed by atoms with van der Waals surface area (Å²) in [6.45, 7) is 5.54. The van der Waals surface area contributed by atoms with Crippen LogP contribution in [0.25, 0.3) is 0 Å². The number of allylic oxidation sites excluding steroid dienone is 1. The summed E-state index contributed by atoms with van der Waals surface area (Å²) in [5, 5.41) is 7.77. The molecule has 0 bridgehead atoms. The molecule has 0 aliphatic carbocycles. The minimum atomic E-state index is -0.367. The van der Waals surface area contributed by atoms with Crippen molar-refractivity contribution in [2.24, 2.45) is 0 Å². The highest BCUT2D eigenvalue weighted by molar-refractivity contribution is 7.80. The van der Waals surface area contributed by atoms with Crippen LogP contribution in [0.15, 0.2) is 46.3 Å². The number of thiocarbonyl (C=S) groups is 1. The van der Waals surface area contributed by atoms with Crippen molar-refractivity contribution in [2.45, 2.75) is 32.9 Å². The number of methoxy groups -OCH3 is 2. The standard InChI is InChI=1S/C21H24N2O4S2/c1-12(2)27-20(24)18-13(3)23(15-6-7-16(25-4)17(10-15)26-5)21(28)22-19(18)14-8-9-29-11-14/h6-12,19H,1-5H3,(H,22,28). The van der Waals surface area contributed by atoms with Crippen LogP contribution in [0.1, 0.15) is 32.4 Å². The summed E-state index contributed by atoms with van der Waals surface area (Å²) in [6.07, 6.45) is -0.227. The van der Waals surface area contributed by atoms with Gasteiger partial charge in [-0.25, -0.2) is 4.79 Å². The van der Waals surface area contributed by atoms with Gasteiger partial charge in [0.1, 0.15) is 0 Å². The van der Waals surface area contributed by atoms with Crippen LogP contribution in [0.2, 0.25) is 0 Å². The van der Waals surface area contributed by atoms with Gasteiger partial charge in [-0.3, -0.25) is 4.90 Å². The van der Waals surface area contributed by atoms with Gasteiger partial charge in [0.25, 0.3) is 0 Å². The smallest absolute Gasteiger partial charge is 0.338 e. The van der Waals surface area contributed by atoms with Crippen molar-refractivity contribution >= 4 is 40.3 Å². The van der Waals surface area contributed by atoms with E-state index >= 15 is 0 Å². The van der Waals surface area contributed by atoms with Gasteiger partial charge in [0, 0.05) is 11.8 Å². The predicted molar refractivity (Wildman–Crippen MR) is 119 cm³/mol. The lowest BCUT2D eigenvalue weighted by Crippen LogP contribution is -2.48. The van der Waals surface area contributed by atoms with Gasteiger partial charge in [0.15, 0.2) is 16.6 Å². The molecule has 1 N–H and O–H groups in total. The average molecular weight is 433 g/mol. The zero-order chi connectivity index (χ0) is 21.1. The summed E-state index contributed by atoms with van der Waals surface area (Å²) in [5.41, 5.74) is 2.97. The summed E-state index contributed by atoms with van der Waals surface area (Å²) in [7, 11) is 3.16. The van der Waals surface area contributed by atoms with Gasteiger partial charge in [-0.1, -0.05) is 0 Å². The van der Waals surface area contributed by atoms with E-state index < -0.39 is 0 Å². The lowest BCUT2D eigenvalue weighted by molar-refractivity contribution is -0.143. The first-order valence-corrected chi connectivity index (χ1v) is 10.5. The summed E-state index contributed by atoms with van der Waals surface area (Å²) >= 11 is 7.23. The first-order valence-electron chi connectivity index (χ1n) is 9.13. The van der Waals surface area contributed by atoms with Crippen LogP contribution in [0.4, 0.5) is 5.69 Å². The topological polar surface area (TPSA) is 60.0 Å². The van der Waals surface area contributed by atoms with Gasteiger partial charge in [0.2, 0.25) is 0 Å². The van der Waals surface area contributed by atoms with Crippen molar-refractivity contribution in [3.8, 4) is 11.5 Å². The van der Waals surface area contributed by atoms with E-state index in [-0.39, 0.29) is 18.1 Å². The maximum atomic E-state index is 13.0. The van der Waals surface area contributed by atoms with Gasteiger partial charge >= 0.3 is 5.97 Å². The minimum Gasteiger partial charge on any atom is -0.493 e.